The zero-order valence-corrected chi connectivity index (χ0v) is 14.8. The minimum atomic E-state index is -0.298. The minimum absolute atomic E-state index is 0.298. The van der Waals surface area contributed by atoms with Crippen molar-refractivity contribution in [3.05, 3.63) is 59.9 Å². The Morgan fingerprint density at radius 3 is 2.04 bits per heavy atom. The molecule has 25 heavy (non-hydrogen) atoms. The van der Waals surface area contributed by atoms with E-state index >= 15 is 0 Å². The molecule has 3 rings (SSSR count). The molecular weight excluding hydrogens is 318 g/mol. The zero-order chi connectivity index (χ0) is 17.8. The van der Waals surface area contributed by atoms with E-state index in [4.69, 9.17) is 18.9 Å². The lowest BCUT2D eigenvalue weighted by Gasteiger charge is -2.19. The molecule has 0 N–H and O–H groups in total. The van der Waals surface area contributed by atoms with Crippen LogP contribution in [0.1, 0.15) is 17.2 Å². The molecule has 2 aromatic carbocycles. The Balaban J connectivity index is 2.14. The molecule has 5 heteroatoms. The van der Waals surface area contributed by atoms with Crippen LogP contribution in [0.2, 0.25) is 0 Å². The van der Waals surface area contributed by atoms with Gasteiger partial charge in [0.15, 0.2) is 0 Å². The van der Waals surface area contributed by atoms with Crippen LogP contribution in [-0.4, -0.2) is 33.4 Å². The number of rotatable bonds is 6. The highest BCUT2D eigenvalue weighted by molar-refractivity contribution is 5.86. The van der Waals surface area contributed by atoms with E-state index in [0.717, 1.165) is 27.6 Å². The van der Waals surface area contributed by atoms with E-state index in [9.17, 15) is 0 Å². The number of methoxy groups -OCH3 is 4. The molecule has 0 fully saturated rings. The van der Waals surface area contributed by atoms with Crippen molar-refractivity contribution < 1.29 is 18.9 Å². The molecule has 0 saturated carbocycles. The SMILES string of the molecule is COc1cc(OC)cc(C(OC)c2cncc3cc(OC)ccc23)c1. The maximum absolute atomic E-state index is 5.80. The maximum atomic E-state index is 5.80. The maximum Gasteiger partial charge on any atom is 0.122 e. The van der Waals surface area contributed by atoms with Gasteiger partial charge in [0.05, 0.1) is 21.3 Å². The van der Waals surface area contributed by atoms with E-state index in [1.807, 2.05) is 48.8 Å². The van der Waals surface area contributed by atoms with Crippen molar-refractivity contribution in [1.29, 1.82) is 0 Å². The Kier molecular flexibility index (Phi) is 5.05. The summed E-state index contributed by atoms with van der Waals surface area (Å²) in [7, 11) is 6.59. The van der Waals surface area contributed by atoms with Gasteiger partial charge in [-0.2, -0.15) is 0 Å². The monoisotopic (exact) mass is 339 g/mol. The molecule has 0 radical (unpaired) electrons. The van der Waals surface area contributed by atoms with E-state index in [1.165, 1.54) is 0 Å². The van der Waals surface area contributed by atoms with Crippen molar-refractivity contribution in [2.24, 2.45) is 0 Å². The summed E-state index contributed by atoms with van der Waals surface area (Å²) < 4.78 is 21.9. The zero-order valence-electron chi connectivity index (χ0n) is 14.8. The highest BCUT2D eigenvalue weighted by Crippen LogP contribution is 2.35. The molecule has 0 amide bonds. The second kappa shape index (κ2) is 7.40. The average Bonchev–Trinajstić information content (AvgIpc) is 2.67. The molecular formula is C20H21NO4. The van der Waals surface area contributed by atoms with E-state index < -0.39 is 0 Å². The molecule has 1 atom stereocenters. The predicted molar refractivity (Wildman–Crippen MR) is 96.7 cm³/mol. The van der Waals surface area contributed by atoms with Crippen LogP contribution < -0.4 is 14.2 Å². The summed E-state index contributed by atoms with van der Waals surface area (Å²) in [6, 6.07) is 11.6. The Morgan fingerprint density at radius 1 is 0.760 bits per heavy atom. The third-order valence-corrected chi connectivity index (χ3v) is 4.19. The van der Waals surface area contributed by atoms with Crippen molar-refractivity contribution in [2.45, 2.75) is 6.10 Å². The van der Waals surface area contributed by atoms with Crippen molar-refractivity contribution in [3.63, 3.8) is 0 Å². The number of hydrogen-bond acceptors (Lipinski definition) is 5. The molecule has 130 valence electrons. The van der Waals surface area contributed by atoms with Crippen LogP contribution in [0, 0.1) is 0 Å². The van der Waals surface area contributed by atoms with Crippen LogP contribution in [0.15, 0.2) is 48.8 Å². The first kappa shape index (κ1) is 17.0. The van der Waals surface area contributed by atoms with E-state index in [0.29, 0.717) is 11.5 Å². The van der Waals surface area contributed by atoms with Crippen LogP contribution >= 0.6 is 0 Å². The van der Waals surface area contributed by atoms with Crippen LogP contribution in [0.3, 0.4) is 0 Å². The number of nitrogens with zero attached hydrogens (tertiary/aromatic N) is 1. The lowest BCUT2D eigenvalue weighted by atomic mass is 9.97. The molecule has 5 nitrogen and oxygen atoms in total. The normalized spacial score (nSPS) is 12.0. The van der Waals surface area contributed by atoms with E-state index in [-0.39, 0.29) is 6.10 Å². The van der Waals surface area contributed by atoms with Gasteiger partial charge in [0.25, 0.3) is 0 Å². The number of hydrogen-bond donors (Lipinski definition) is 0. The molecule has 0 spiro atoms. The van der Waals surface area contributed by atoms with Gasteiger partial charge in [0.1, 0.15) is 23.4 Å². The smallest absolute Gasteiger partial charge is 0.122 e. The van der Waals surface area contributed by atoms with Gasteiger partial charge in [-0.3, -0.25) is 4.98 Å². The molecule has 1 heterocycles. The molecule has 1 unspecified atom stereocenters. The lowest BCUT2D eigenvalue weighted by molar-refractivity contribution is 0.137. The van der Waals surface area contributed by atoms with Crippen molar-refractivity contribution in [1.82, 2.24) is 4.98 Å². The van der Waals surface area contributed by atoms with Gasteiger partial charge in [0.2, 0.25) is 0 Å². The highest BCUT2D eigenvalue weighted by Gasteiger charge is 2.19. The number of fused-ring (bicyclic) bond motifs is 1. The molecule has 0 aliphatic heterocycles. The number of benzene rings is 2. The number of aromatic nitrogens is 1. The summed E-state index contributed by atoms with van der Waals surface area (Å²) >= 11 is 0. The Morgan fingerprint density at radius 2 is 1.44 bits per heavy atom. The van der Waals surface area contributed by atoms with E-state index in [1.54, 1.807) is 28.4 Å². The van der Waals surface area contributed by atoms with Crippen LogP contribution in [0.5, 0.6) is 17.2 Å². The summed E-state index contributed by atoms with van der Waals surface area (Å²) in [6.07, 6.45) is 3.35. The van der Waals surface area contributed by atoms with Gasteiger partial charge in [-0.05, 0) is 35.2 Å². The fourth-order valence-corrected chi connectivity index (χ4v) is 2.94. The molecule has 0 aliphatic carbocycles. The summed E-state index contributed by atoms with van der Waals surface area (Å²) in [4.78, 5) is 4.37. The standard InChI is InChI=1S/C20H21NO4/c1-22-15-5-6-18-14(9-15)11-21-12-19(18)20(25-4)13-7-16(23-2)10-17(8-13)24-3/h5-12,20H,1-4H3. The van der Waals surface area contributed by atoms with E-state index in [2.05, 4.69) is 4.98 Å². The largest absolute Gasteiger partial charge is 0.497 e. The first-order valence-corrected chi connectivity index (χ1v) is 7.87. The lowest BCUT2D eigenvalue weighted by Crippen LogP contribution is -2.06. The summed E-state index contributed by atoms with van der Waals surface area (Å²) in [6.45, 7) is 0. The van der Waals surface area contributed by atoms with Crippen LogP contribution in [0.4, 0.5) is 0 Å². The average molecular weight is 339 g/mol. The molecule has 1 aromatic heterocycles. The highest BCUT2D eigenvalue weighted by atomic mass is 16.5. The first-order chi connectivity index (χ1) is 12.2. The third-order valence-electron chi connectivity index (χ3n) is 4.19. The number of ether oxygens (including phenoxy) is 4. The summed E-state index contributed by atoms with van der Waals surface area (Å²) in [5, 5.41) is 2.05. The van der Waals surface area contributed by atoms with Gasteiger partial charge in [-0.15, -0.1) is 0 Å². The summed E-state index contributed by atoms with van der Waals surface area (Å²) in [5.74, 6) is 2.22. The van der Waals surface area contributed by atoms with Gasteiger partial charge < -0.3 is 18.9 Å². The van der Waals surface area contributed by atoms with Crippen LogP contribution in [0.25, 0.3) is 10.8 Å². The van der Waals surface area contributed by atoms with Crippen molar-refractivity contribution in [3.8, 4) is 17.2 Å². The Hall–Kier alpha value is -2.79. The minimum Gasteiger partial charge on any atom is -0.497 e. The Labute approximate surface area is 147 Å². The van der Waals surface area contributed by atoms with Gasteiger partial charge in [-0.25, -0.2) is 0 Å². The third kappa shape index (κ3) is 3.37. The predicted octanol–water partition coefficient (Wildman–Crippen LogP) is 4.00. The second-order valence-electron chi connectivity index (χ2n) is 5.58. The molecule has 3 aromatic rings. The van der Waals surface area contributed by atoms with Gasteiger partial charge >= 0.3 is 0 Å². The quantitative estimate of drug-likeness (QED) is 0.679. The summed E-state index contributed by atoms with van der Waals surface area (Å²) in [5.41, 5.74) is 1.90. The second-order valence-corrected chi connectivity index (χ2v) is 5.58. The fourth-order valence-electron chi connectivity index (χ4n) is 2.94. The molecule has 0 aliphatic rings. The molecule has 0 bridgehead atoms. The van der Waals surface area contributed by atoms with Crippen molar-refractivity contribution in [2.75, 3.05) is 28.4 Å². The molecule has 0 saturated heterocycles. The van der Waals surface area contributed by atoms with Crippen LogP contribution in [-0.2, 0) is 4.74 Å². The van der Waals surface area contributed by atoms with Gasteiger partial charge in [-0.1, -0.05) is 6.07 Å². The Bertz CT molecular complexity index is 856. The topological polar surface area (TPSA) is 49.8 Å². The first-order valence-electron chi connectivity index (χ1n) is 7.87. The van der Waals surface area contributed by atoms with Gasteiger partial charge in [0, 0.05) is 36.5 Å². The fraction of sp³-hybridized carbons (Fsp3) is 0.250. The van der Waals surface area contributed by atoms with Crippen molar-refractivity contribution >= 4 is 10.8 Å². The number of pyridine rings is 1.